The molecule has 0 aliphatic heterocycles. The van der Waals surface area contributed by atoms with E-state index >= 15 is 0 Å². The topological polar surface area (TPSA) is 35.0 Å². The standard InChI is InChI=1S/FH.K.Li.H3N.2H/h1H;;;1H3;;. The van der Waals surface area contributed by atoms with Gasteiger partial charge in [0.05, 0.1) is 0 Å². The molecule has 3 N–H and O–H groups in total. The molecule has 1 nitrogen and oxygen atoms in total. The van der Waals surface area contributed by atoms with Gasteiger partial charge in [0.25, 0.3) is 0 Å². The SMILES string of the molecule is F.N.[KH].[LiH]. The summed E-state index contributed by atoms with van der Waals surface area (Å²) in [5, 5.41) is 0. The van der Waals surface area contributed by atoms with Crippen LogP contribution in [0.5, 0.6) is 0 Å². The van der Waals surface area contributed by atoms with Crippen LogP contribution in [0.4, 0.5) is 4.70 Å². The van der Waals surface area contributed by atoms with Gasteiger partial charge in [-0.1, -0.05) is 0 Å². The van der Waals surface area contributed by atoms with Crippen molar-refractivity contribution >= 4 is 70.2 Å². The Kier molecular flexibility index (Phi) is 172. The van der Waals surface area contributed by atoms with E-state index in [0.29, 0.717) is 0 Å². The van der Waals surface area contributed by atoms with Crippen molar-refractivity contribution in [1.82, 2.24) is 6.15 Å². The van der Waals surface area contributed by atoms with Gasteiger partial charge in [-0.25, -0.2) is 0 Å². The average Bonchev–Trinajstić information content (AvgIpc) is 0. The van der Waals surface area contributed by atoms with Crippen LogP contribution in [0, 0.1) is 0 Å². The summed E-state index contributed by atoms with van der Waals surface area (Å²) in [6.07, 6.45) is 0. The van der Waals surface area contributed by atoms with Crippen LogP contribution in [-0.4, -0.2) is 70.2 Å². The molecule has 4 heteroatoms. The van der Waals surface area contributed by atoms with Crippen LogP contribution in [0.25, 0.3) is 0 Å². The van der Waals surface area contributed by atoms with E-state index < -0.39 is 0 Å². The zero-order valence-electron chi connectivity index (χ0n) is 1.12. The van der Waals surface area contributed by atoms with Crippen molar-refractivity contribution in [2.75, 3.05) is 0 Å². The van der Waals surface area contributed by atoms with Gasteiger partial charge in [0.2, 0.25) is 0 Å². The van der Waals surface area contributed by atoms with E-state index in [-0.39, 0.29) is 81.1 Å². The van der Waals surface area contributed by atoms with Crippen molar-refractivity contribution in [2.24, 2.45) is 0 Å². The van der Waals surface area contributed by atoms with E-state index in [4.69, 9.17) is 0 Å². The van der Waals surface area contributed by atoms with Gasteiger partial charge in [0.15, 0.2) is 0 Å². The molecular weight excluding hydrogens is 79.0 g/mol. The van der Waals surface area contributed by atoms with Crippen LogP contribution in [-0.2, 0) is 0 Å². The first-order valence-electron chi connectivity index (χ1n) is 0. The molecule has 0 fully saturated rings. The molecule has 0 heterocycles. The van der Waals surface area contributed by atoms with Crippen LogP contribution in [0.2, 0.25) is 0 Å². The van der Waals surface area contributed by atoms with Crippen molar-refractivity contribution < 1.29 is 4.70 Å². The van der Waals surface area contributed by atoms with E-state index in [1.165, 1.54) is 0 Å². The Labute approximate surface area is 79.5 Å². The molecular formula is H6FKLiN. The van der Waals surface area contributed by atoms with Crippen LogP contribution < -0.4 is 6.15 Å². The molecule has 0 aliphatic carbocycles. The van der Waals surface area contributed by atoms with Gasteiger partial charge in [-0.15, -0.1) is 0 Å². The average molecular weight is 85.1 g/mol. The fourth-order valence-corrected chi connectivity index (χ4v) is 0. The number of halogens is 1. The molecule has 0 rings (SSSR count). The second-order valence-electron chi connectivity index (χ2n) is 0. The molecule has 0 unspecified atom stereocenters. The number of hydrogen-bond acceptors (Lipinski definition) is 1. The summed E-state index contributed by atoms with van der Waals surface area (Å²) in [5.74, 6) is 0. The third-order valence-corrected chi connectivity index (χ3v) is 0. The van der Waals surface area contributed by atoms with E-state index in [0.717, 1.165) is 0 Å². The molecule has 0 saturated carbocycles. The normalized spacial score (nSPS) is 0. The molecule has 0 spiro atoms. The minimum absolute atomic E-state index is 0. The summed E-state index contributed by atoms with van der Waals surface area (Å²) in [6, 6.07) is 0. The number of rotatable bonds is 0. The fraction of sp³-hybridized carbons (Fsp3) is 0. The maximum atomic E-state index is 0. The van der Waals surface area contributed by atoms with Gasteiger partial charge in [-0.05, 0) is 0 Å². The summed E-state index contributed by atoms with van der Waals surface area (Å²) >= 11 is 0. The van der Waals surface area contributed by atoms with Crippen molar-refractivity contribution in [3.8, 4) is 0 Å². The Morgan fingerprint density at radius 2 is 1.00 bits per heavy atom. The number of hydrogen-bond donors (Lipinski definition) is 1. The van der Waals surface area contributed by atoms with Gasteiger partial charge in [-0.3, -0.25) is 4.70 Å². The zero-order chi connectivity index (χ0) is 0. The van der Waals surface area contributed by atoms with Crippen LogP contribution in [0.1, 0.15) is 0 Å². The predicted octanol–water partition coefficient (Wildman–Crippen LogP) is -0.983. The van der Waals surface area contributed by atoms with Gasteiger partial charge < -0.3 is 6.15 Å². The molecule has 20 valence electrons. The molecule has 0 saturated heterocycles. The Bertz CT molecular complexity index is 8.00. The van der Waals surface area contributed by atoms with Gasteiger partial charge in [0, 0.05) is 0 Å². The Morgan fingerprint density at radius 1 is 1.00 bits per heavy atom. The first-order valence-corrected chi connectivity index (χ1v) is 0. The maximum absolute atomic E-state index is 0. The summed E-state index contributed by atoms with van der Waals surface area (Å²) in [5.41, 5.74) is 0. The van der Waals surface area contributed by atoms with Gasteiger partial charge in [-0.2, -0.15) is 0 Å². The molecule has 0 aliphatic rings. The van der Waals surface area contributed by atoms with Crippen LogP contribution >= 0.6 is 0 Å². The molecule has 0 radical (unpaired) electrons. The van der Waals surface area contributed by atoms with Crippen molar-refractivity contribution in [3.05, 3.63) is 0 Å². The fourth-order valence-electron chi connectivity index (χ4n) is 0. The molecule has 0 aromatic heterocycles. The van der Waals surface area contributed by atoms with Crippen molar-refractivity contribution in [1.29, 1.82) is 0 Å². The Balaban J connectivity index is 0. The molecule has 0 bridgehead atoms. The zero-order valence-corrected chi connectivity index (χ0v) is 1.12. The monoisotopic (exact) mass is 85.0 g/mol. The van der Waals surface area contributed by atoms with E-state index in [9.17, 15) is 0 Å². The quantitative estimate of drug-likeness (QED) is 0.377. The molecule has 0 atom stereocenters. The van der Waals surface area contributed by atoms with Crippen molar-refractivity contribution in [3.63, 3.8) is 0 Å². The summed E-state index contributed by atoms with van der Waals surface area (Å²) < 4.78 is 0. The van der Waals surface area contributed by atoms with E-state index in [1.807, 2.05) is 0 Å². The third kappa shape index (κ3) is 8.92. The molecule has 4 heavy (non-hydrogen) atoms. The molecule has 0 amide bonds. The summed E-state index contributed by atoms with van der Waals surface area (Å²) in [7, 11) is 0. The third-order valence-electron chi connectivity index (χ3n) is 0. The Hall–Kier alpha value is 2.12. The summed E-state index contributed by atoms with van der Waals surface area (Å²) in [4.78, 5) is 0. The first kappa shape index (κ1) is 35.6. The predicted molar refractivity (Wildman–Crippen MR) is 21.8 cm³/mol. The summed E-state index contributed by atoms with van der Waals surface area (Å²) in [6.45, 7) is 0. The van der Waals surface area contributed by atoms with Crippen LogP contribution in [0.3, 0.4) is 0 Å². The van der Waals surface area contributed by atoms with Crippen LogP contribution in [0.15, 0.2) is 0 Å². The van der Waals surface area contributed by atoms with Gasteiger partial charge >= 0.3 is 70.2 Å². The second kappa shape index (κ2) is 19.3. The van der Waals surface area contributed by atoms with E-state index in [1.54, 1.807) is 0 Å². The Morgan fingerprint density at radius 3 is 1.00 bits per heavy atom. The van der Waals surface area contributed by atoms with Gasteiger partial charge in [0.1, 0.15) is 0 Å². The minimum atomic E-state index is 0. The molecule has 0 aromatic rings. The van der Waals surface area contributed by atoms with E-state index in [2.05, 4.69) is 0 Å². The first-order chi connectivity index (χ1) is 0. The van der Waals surface area contributed by atoms with Crippen molar-refractivity contribution in [2.45, 2.75) is 0 Å². The second-order valence-corrected chi connectivity index (χ2v) is 0. The molecule has 0 aromatic carbocycles.